The largest absolute Gasteiger partial charge is 0.355 e. The molecular weight excluding hydrogens is 362 g/mol. The molecular formula is C20H31N3O3S. The lowest BCUT2D eigenvalue weighted by atomic mass is 10.0. The second-order valence-corrected chi connectivity index (χ2v) is 9.42. The average molecular weight is 394 g/mol. The lowest BCUT2D eigenvalue weighted by Crippen LogP contribution is -2.50. The van der Waals surface area contributed by atoms with Crippen molar-refractivity contribution in [3.05, 3.63) is 29.8 Å². The molecule has 6 nitrogen and oxygen atoms in total. The van der Waals surface area contributed by atoms with E-state index >= 15 is 0 Å². The molecule has 1 aromatic carbocycles. The number of hydrogen-bond acceptors (Lipinski definition) is 4. The number of nitrogens with zero attached hydrogens (tertiary/aromatic N) is 1. The molecule has 1 amide bonds. The van der Waals surface area contributed by atoms with Gasteiger partial charge in [-0.1, -0.05) is 31.7 Å². The highest BCUT2D eigenvalue weighted by atomic mass is 32.2. The molecule has 0 aromatic heterocycles. The first-order valence-corrected chi connectivity index (χ1v) is 11.6. The van der Waals surface area contributed by atoms with Gasteiger partial charge < -0.3 is 5.32 Å². The highest BCUT2D eigenvalue weighted by Crippen LogP contribution is 2.25. The Bertz CT molecular complexity index is 743. The van der Waals surface area contributed by atoms with Crippen LogP contribution in [0.1, 0.15) is 61.7 Å². The summed E-state index contributed by atoms with van der Waals surface area (Å²) in [6.07, 6.45) is 9.54. The van der Waals surface area contributed by atoms with E-state index in [4.69, 9.17) is 0 Å². The first-order valence-electron chi connectivity index (χ1n) is 10.1. The van der Waals surface area contributed by atoms with Gasteiger partial charge in [0.25, 0.3) is 5.91 Å². The number of piperidine rings is 1. The number of rotatable bonds is 5. The molecule has 27 heavy (non-hydrogen) atoms. The summed E-state index contributed by atoms with van der Waals surface area (Å²) in [6.45, 7) is 1.84. The summed E-state index contributed by atoms with van der Waals surface area (Å²) in [4.78, 5) is 14.4. The number of carbonyl (C=O) groups is 1. The van der Waals surface area contributed by atoms with Gasteiger partial charge in [-0.05, 0) is 50.4 Å². The molecule has 1 aromatic rings. The smallest absolute Gasteiger partial charge is 0.251 e. The summed E-state index contributed by atoms with van der Waals surface area (Å²) in [6, 6.07) is 6.73. The molecule has 0 unspecified atom stereocenters. The van der Waals surface area contributed by atoms with Crippen LogP contribution in [-0.2, 0) is 10.0 Å². The zero-order valence-electron chi connectivity index (χ0n) is 16.1. The normalized spacial score (nSPS) is 22.9. The molecule has 0 spiro atoms. The Morgan fingerprint density at radius 3 is 2.52 bits per heavy atom. The number of hydrogen-bond donors (Lipinski definition) is 2. The maximum absolute atomic E-state index is 12.8. The summed E-state index contributed by atoms with van der Waals surface area (Å²) in [5.74, 6) is -0.288. The molecule has 1 saturated heterocycles. The quantitative estimate of drug-likeness (QED) is 0.754. The van der Waals surface area contributed by atoms with Crippen molar-refractivity contribution in [2.24, 2.45) is 0 Å². The zero-order chi connectivity index (χ0) is 19.3. The summed E-state index contributed by atoms with van der Waals surface area (Å²) in [7, 11) is -2.11. The molecule has 2 aliphatic rings. The van der Waals surface area contributed by atoms with E-state index in [2.05, 4.69) is 14.9 Å². The zero-order valence-corrected chi connectivity index (χ0v) is 16.9. The van der Waals surface area contributed by atoms with Gasteiger partial charge in [0.15, 0.2) is 0 Å². The summed E-state index contributed by atoms with van der Waals surface area (Å²) >= 11 is 0. The van der Waals surface area contributed by atoms with Gasteiger partial charge >= 0.3 is 0 Å². The van der Waals surface area contributed by atoms with Crippen molar-refractivity contribution < 1.29 is 13.2 Å². The Morgan fingerprint density at radius 2 is 1.81 bits per heavy atom. The number of amides is 1. The first-order chi connectivity index (χ1) is 13.0. The fourth-order valence-corrected chi connectivity index (χ4v) is 5.60. The molecule has 3 rings (SSSR count). The number of nitrogens with one attached hydrogen (secondary N) is 2. The van der Waals surface area contributed by atoms with Crippen LogP contribution < -0.4 is 10.0 Å². The van der Waals surface area contributed by atoms with E-state index in [0.717, 1.165) is 25.9 Å². The van der Waals surface area contributed by atoms with E-state index < -0.39 is 10.0 Å². The fourth-order valence-electron chi connectivity index (χ4n) is 4.29. The van der Waals surface area contributed by atoms with Crippen LogP contribution in [0.4, 0.5) is 0 Å². The molecule has 0 radical (unpaired) electrons. The van der Waals surface area contributed by atoms with E-state index in [-0.39, 0.29) is 16.8 Å². The molecule has 7 heteroatoms. The summed E-state index contributed by atoms with van der Waals surface area (Å²) in [5.41, 5.74) is 0.351. The third-order valence-electron chi connectivity index (χ3n) is 5.75. The molecule has 2 fully saturated rings. The van der Waals surface area contributed by atoms with Crippen LogP contribution in [0.25, 0.3) is 0 Å². The predicted octanol–water partition coefficient (Wildman–Crippen LogP) is 2.51. The molecule has 1 saturated carbocycles. The minimum atomic E-state index is -3.64. The van der Waals surface area contributed by atoms with Crippen LogP contribution in [0.2, 0.25) is 0 Å². The standard InChI is InChI=1S/C20H31N3O3S/c1-21-20(24)16-8-6-12-19(14-16)27(25,26)22-17-9-7-13-23(15-17)18-10-4-2-3-5-11-18/h6,8,12,14,17-18,22H,2-5,7,9-11,13,15H2,1H3,(H,21,24)/t17-/m0/s1. The number of likely N-dealkylation sites (tertiary alicyclic amines) is 1. The van der Waals surface area contributed by atoms with Crippen molar-refractivity contribution in [3.8, 4) is 0 Å². The van der Waals surface area contributed by atoms with Crippen LogP contribution >= 0.6 is 0 Å². The van der Waals surface area contributed by atoms with Gasteiger partial charge in [-0.3, -0.25) is 9.69 Å². The topological polar surface area (TPSA) is 78.5 Å². The second-order valence-electron chi connectivity index (χ2n) is 7.71. The van der Waals surface area contributed by atoms with Crippen molar-refractivity contribution in [2.45, 2.75) is 68.3 Å². The molecule has 1 atom stereocenters. The minimum Gasteiger partial charge on any atom is -0.355 e. The van der Waals surface area contributed by atoms with Crippen LogP contribution in [0, 0.1) is 0 Å². The lowest BCUT2D eigenvalue weighted by molar-refractivity contribution is 0.0963. The predicted molar refractivity (Wildman–Crippen MR) is 106 cm³/mol. The van der Waals surface area contributed by atoms with E-state index in [1.165, 1.54) is 51.6 Å². The van der Waals surface area contributed by atoms with Gasteiger partial charge in [-0.15, -0.1) is 0 Å². The Labute approximate surface area is 162 Å². The summed E-state index contributed by atoms with van der Waals surface area (Å²) in [5, 5.41) is 2.53. The Kier molecular flexibility index (Phi) is 6.89. The second kappa shape index (κ2) is 9.17. The SMILES string of the molecule is CNC(=O)c1cccc(S(=O)(=O)N[C@H]2CCCN(C3CCCCCC3)C2)c1. The molecule has 2 N–H and O–H groups in total. The van der Waals surface area contributed by atoms with Crippen molar-refractivity contribution in [3.63, 3.8) is 0 Å². The molecule has 150 valence electrons. The first kappa shape index (κ1) is 20.3. The number of benzene rings is 1. The van der Waals surface area contributed by atoms with E-state index in [0.29, 0.717) is 11.6 Å². The van der Waals surface area contributed by atoms with E-state index in [1.54, 1.807) is 18.2 Å². The van der Waals surface area contributed by atoms with Gasteiger partial charge in [-0.2, -0.15) is 0 Å². The van der Waals surface area contributed by atoms with Crippen molar-refractivity contribution in [2.75, 3.05) is 20.1 Å². The highest BCUT2D eigenvalue weighted by molar-refractivity contribution is 7.89. The van der Waals surface area contributed by atoms with Gasteiger partial charge in [0, 0.05) is 31.2 Å². The Hall–Kier alpha value is -1.44. The number of sulfonamides is 1. The van der Waals surface area contributed by atoms with Crippen LogP contribution in [0.5, 0.6) is 0 Å². The minimum absolute atomic E-state index is 0.0735. The third-order valence-corrected chi connectivity index (χ3v) is 7.27. The average Bonchev–Trinajstić information content (AvgIpc) is 2.97. The van der Waals surface area contributed by atoms with Crippen LogP contribution in [0.3, 0.4) is 0 Å². The molecule has 0 bridgehead atoms. The highest BCUT2D eigenvalue weighted by Gasteiger charge is 2.29. The van der Waals surface area contributed by atoms with Gasteiger partial charge in [0.2, 0.25) is 10.0 Å². The Balaban J connectivity index is 1.67. The maximum atomic E-state index is 12.8. The molecule has 1 aliphatic heterocycles. The maximum Gasteiger partial charge on any atom is 0.251 e. The summed E-state index contributed by atoms with van der Waals surface area (Å²) < 4.78 is 28.6. The van der Waals surface area contributed by atoms with E-state index in [9.17, 15) is 13.2 Å². The third kappa shape index (κ3) is 5.30. The van der Waals surface area contributed by atoms with Crippen LogP contribution in [-0.4, -0.2) is 51.4 Å². The number of carbonyl (C=O) groups excluding carboxylic acids is 1. The lowest BCUT2D eigenvalue weighted by Gasteiger charge is -2.38. The van der Waals surface area contributed by atoms with Gasteiger partial charge in [-0.25, -0.2) is 13.1 Å². The van der Waals surface area contributed by atoms with Crippen molar-refractivity contribution in [1.29, 1.82) is 0 Å². The van der Waals surface area contributed by atoms with E-state index in [1.807, 2.05) is 0 Å². The molecule has 1 aliphatic carbocycles. The van der Waals surface area contributed by atoms with Gasteiger partial charge in [0.1, 0.15) is 0 Å². The Morgan fingerprint density at radius 1 is 1.07 bits per heavy atom. The monoisotopic (exact) mass is 393 g/mol. The van der Waals surface area contributed by atoms with Crippen molar-refractivity contribution in [1.82, 2.24) is 14.9 Å². The molecule has 1 heterocycles. The van der Waals surface area contributed by atoms with Crippen LogP contribution in [0.15, 0.2) is 29.2 Å². The fraction of sp³-hybridized carbons (Fsp3) is 0.650. The van der Waals surface area contributed by atoms with Gasteiger partial charge in [0.05, 0.1) is 4.90 Å². The van der Waals surface area contributed by atoms with Crippen molar-refractivity contribution >= 4 is 15.9 Å².